The first kappa shape index (κ1) is 10.7. The zero-order chi connectivity index (χ0) is 7.40. The average Bonchev–Trinajstić information content (AvgIpc) is 2.05. The smallest absolute Gasteiger partial charge is 0.246 e. The summed E-state index contributed by atoms with van der Waals surface area (Å²) in [6.45, 7) is 6.11. The van der Waals surface area contributed by atoms with E-state index in [-0.39, 0.29) is 22.9 Å². The quantitative estimate of drug-likeness (QED) is 0.608. The number of carbonyl (C=O) groups is 1. The van der Waals surface area contributed by atoms with E-state index in [1.165, 1.54) is 6.08 Å². The van der Waals surface area contributed by atoms with E-state index in [4.69, 9.17) is 4.74 Å². The summed E-state index contributed by atoms with van der Waals surface area (Å²) in [6, 6.07) is 0. The summed E-state index contributed by atoms with van der Waals surface area (Å²) in [6.07, 6.45) is 1.34. The molecule has 0 N–H and O–H groups in total. The normalized spacial score (nSPS) is 16.9. The van der Waals surface area contributed by atoms with Gasteiger partial charge < -0.3 is 9.64 Å². The van der Waals surface area contributed by atoms with Crippen LogP contribution < -0.4 is 0 Å². The van der Waals surface area contributed by atoms with Gasteiger partial charge in [-0.15, -0.1) is 17.0 Å². The highest BCUT2D eigenvalue weighted by Gasteiger charge is 2.12. The lowest BCUT2D eigenvalue weighted by atomic mass is 10.4. The molecule has 1 aliphatic heterocycles. The van der Waals surface area contributed by atoms with Crippen LogP contribution in [0.2, 0.25) is 0 Å². The highest BCUT2D eigenvalue weighted by Crippen LogP contribution is 1.96. The Morgan fingerprint density at radius 3 is 2.45 bits per heavy atom. The fourth-order valence-electron chi connectivity index (χ4n) is 0.913. The van der Waals surface area contributed by atoms with Gasteiger partial charge >= 0.3 is 0 Å². The van der Waals surface area contributed by atoms with Crippen molar-refractivity contribution in [3.8, 4) is 0 Å². The second-order valence-corrected chi connectivity index (χ2v) is 2.14. The van der Waals surface area contributed by atoms with Crippen LogP contribution in [0.15, 0.2) is 12.7 Å². The lowest BCUT2D eigenvalue weighted by molar-refractivity contribution is -0.129. The van der Waals surface area contributed by atoms with Gasteiger partial charge in [0.05, 0.1) is 13.2 Å². The van der Waals surface area contributed by atoms with Gasteiger partial charge in [-0.2, -0.15) is 0 Å². The molecule has 0 aromatic carbocycles. The summed E-state index contributed by atoms with van der Waals surface area (Å²) in [5.41, 5.74) is 0. The molecule has 1 rings (SSSR count). The standard InChI is InChI=1S/C7H11NO2.BrH/c1-2-7(9)8-3-5-10-6-4-8;/h2H,1,3-6H2;1H. The zero-order valence-corrected chi connectivity index (χ0v) is 8.00. The van der Waals surface area contributed by atoms with E-state index >= 15 is 0 Å². The summed E-state index contributed by atoms with van der Waals surface area (Å²) in [5.74, 6) is 0.00306. The molecule has 4 heteroatoms. The van der Waals surface area contributed by atoms with Gasteiger partial charge in [-0.3, -0.25) is 4.79 Å². The number of halogens is 1. The minimum absolute atomic E-state index is 0. The van der Waals surface area contributed by atoms with Crippen LogP contribution in [0.3, 0.4) is 0 Å². The minimum Gasteiger partial charge on any atom is -0.378 e. The first-order valence-corrected chi connectivity index (χ1v) is 3.33. The second kappa shape index (κ2) is 5.32. The van der Waals surface area contributed by atoms with E-state index in [9.17, 15) is 4.79 Å². The van der Waals surface area contributed by atoms with Gasteiger partial charge in [0.25, 0.3) is 0 Å². The molecule has 0 saturated carbocycles. The SMILES string of the molecule is Br.C=CC(=O)N1CCOCC1. The van der Waals surface area contributed by atoms with Crippen molar-refractivity contribution in [2.75, 3.05) is 26.3 Å². The van der Waals surface area contributed by atoms with E-state index in [1.54, 1.807) is 4.90 Å². The molecule has 0 radical (unpaired) electrons. The molecule has 1 aliphatic rings. The van der Waals surface area contributed by atoms with E-state index in [0.29, 0.717) is 26.3 Å². The third kappa shape index (κ3) is 3.03. The molecule has 1 fully saturated rings. The van der Waals surface area contributed by atoms with E-state index in [2.05, 4.69) is 6.58 Å². The lowest BCUT2D eigenvalue weighted by Gasteiger charge is -2.25. The maximum Gasteiger partial charge on any atom is 0.246 e. The largest absolute Gasteiger partial charge is 0.378 e. The maximum atomic E-state index is 10.9. The van der Waals surface area contributed by atoms with E-state index in [1.807, 2.05) is 0 Å². The highest BCUT2D eigenvalue weighted by atomic mass is 79.9. The van der Waals surface area contributed by atoms with Crippen LogP contribution in [-0.2, 0) is 9.53 Å². The Morgan fingerprint density at radius 1 is 1.45 bits per heavy atom. The highest BCUT2D eigenvalue weighted by molar-refractivity contribution is 8.93. The molecule has 0 unspecified atom stereocenters. The van der Waals surface area contributed by atoms with Crippen molar-refractivity contribution in [2.24, 2.45) is 0 Å². The number of hydrogen-bond acceptors (Lipinski definition) is 2. The first-order chi connectivity index (χ1) is 4.84. The summed E-state index contributed by atoms with van der Waals surface area (Å²) in [7, 11) is 0. The van der Waals surface area contributed by atoms with Crippen molar-refractivity contribution in [1.29, 1.82) is 0 Å². The number of hydrogen-bond donors (Lipinski definition) is 0. The van der Waals surface area contributed by atoms with Crippen LogP contribution >= 0.6 is 17.0 Å². The minimum atomic E-state index is 0. The van der Waals surface area contributed by atoms with Crippen molar-refractivity contribution >= 4 is 22.9 Å². The third-order valence-corrected chi connectivity index (χ3v) is 1.50. The maximum absolute atomic E-state index is 10.9. The van der Waals surface area contributed by atoms with Crippen molar-refractivity contribution < 1.29 is 9.53 Å². The van der Waals surface area contributed by atoms with Gasteiger partial charge in [0.1, 0.15) is 0 Å². The molecule has 11 heavy (non-hydrogen) atoms. The van der Waals surface area contributed by atoms with Crippen molar-refractivity contribution in [1.82, 2.24) is 4.90 Å². The van der Waals surface area contributed by atoms with E-state index < -0.39 is 0 Å². The van der Waals surface area contributed by atoms with E-state index in [0.717, 1.165) is 0 Å². The fourth-order valence-corrected chi connectivity index (χ4v) is 0.913. The molecule has 0 aliphatic carbocycles. The fraction of sp³-hybridized carbons (Fsp3) is 0.571. The number of carbonyl (C=O) groups excluding carboxylic acids is 1. The number of nitrogens with zero attached hydrogens (tertiary/aromatic N) is 1. The lowest BCUT2D eigenvalue weighted by Crippen LogP contribution is -2.39. The predicted octanol–water partition coefficient (Wildman–Crippen LogP) is 0.609. The summed E-state index contributed by atoms with van der Waals surface area (Å²) in [4.78, 5) is 12.7. The molecule has 1 amide bonds. The summed E-state index contributed by atoms with van der Waals surface area (Å²) < 4.78 is 5.07. The van der Waals surface area contributed by atoms with Gasteiger partial charge in [0.2, 0.25) is 5.91 Å². The molecule has 0 bridgehead atoms. The molecule has 0 aromatic rings. The van der Waals surface area contributed by atoms with Gasteiger partial charge in [-0.25, -0.2) is 0 Å². The van der Waals surface area contributed by atoms with Crippen LogP contribution in [0.5, 0.6) is 0 Å². The molecule has 0 aromatic heterocycles. The molecular weight excluding hydrogens is 210 g/mol. The Kier molecular flexibility index (Phi) is 5.15. The molecular formula is C7H12BrNO2. The number of rotatable bonds is 1. The van der Waals surface area contributed by atoms with Crippen molar-refractivity contribution in [3.63, 3.8) is 0 Å². The molecule has 1 heterocycles. The molecule has 1 saturated heterocycles. The van der Waals surface area contributed by atoms with Crippen LogP contribution in [0, 0.1) is 0 Å². The summed E-state index contributed by atoms with van der Waals surface area (Å²) in [5, 5.41) is 0. The number of amides is 1. The Hall–Kier alpha value is -0.350. The molecule has 3 nitrogen and oxygen atoms in total. The topological polar surface area (TPSA) is 29.5 Å². The van der Waals surface area contributed by atoms with Gasteiger partial charge in [0, 0.05) is 13.1 Å². The number of ether oxygens (including phenoxy) is 1. The van der Waals surface area contributed by atoms with Gasteiger partial charge in [0.15, 0.2) is 0 Å². The zero-order valence-electron chi connectivity index (χ0n) is 6.28. The molecule has 0 atom stereocenters. The molecule has 64 valence electrons. The second-order valence-electron chi connectivity index (χ2n) is 2.14. The van der Waals surface area contributed by atoms with Crippen LogP contribution in [0.4, 0.5) is 0 Å². The predicted molar refractivity (Wildman–Crippen MR) is 47.9 cm³/mol. The van der Waals surface area contributed by atoms with Crippen molar-refractivity contribution in [3.05, 3.63) is 12.7 Å². The Labute approximate surface area is 76.8 Å². The van der Waals surface area contributed by atoms with Crippen LogP contribution in [-0.4, -0.2) is 37.1 Å². The average molecular weight is 222 g/mol. The Balaban J connectivity index is 0.000001000. The van der Waals surface area contributed by atoms with Gasteiger partial charge in [-0.05, 0) is 6.08 Å². The first-order valence-electron chi connectivity index (χ1n) is 3.33. The molecule has 0 spiro atoms. The van der Waals surface area contributed by atoms with Crippen LogP contribution in [0.1, 0.15) is 0 Å². The Morgan fingerprint density at radius 2 is 2.00 bits per heavy atom. The number of morpholine rings is 1. The monoisotopic (exact) mass is 221 g/mol. The Bertz CT molecular complexity index is 143. The third-order valence-electron chi connectivity index (χ3n) is 1.50. The van der Waals surface area contributed by atoms with Crippen LogP contribution in [0.25, 0.3) is 0 Å². The van der Waals surface area contributed by atoms with Crippen molar-refractivity contribution in [2.45, 2.75) is 0 Å². The summed E-state index contributed by atoms with van der Waals surface area (Å²) >= 11 is 0. The van der Waals surface area contributed by atoms with Gasteiger partial charge in [-0.1, -0.05) is 6.58 Å².